The lowest BCUT2D eigenvalue weighted by Gasteiger charge is -2.38. The number of halogens is 1. The monoisotopic (exact) mass is 442 g/mol. The first-order chi connectivity index (χ1) is 14.9. The van der Waals surface area contributed by atoms with E-state index in [4.69, 9.17) is 4.74 Å². The average Bonchev–Trinajstić information content (AvgIpc) is 3.42. The lowest BCUT2D eigenvalue weighted by Crippen LogP contribution is -2.49. The summed E-state index contributed by atoms with van der Waals surface area (Å²) in [5.41, 5.74) is 0.559. The zero-order chi connectivity index (χ0) is 22.0. The fourth-order valence-corrected chi connectivity index (χ4v) is 4.60. The molecule has 1 aliphatic heterocycles. The van der Waals surface area contributed by atoms with E-state index in [0.29, 0.717) is 11.5 Å². The van der Waals surface area contributed by atoms with Crippen molar-refractivity contribution >= 4 is 23.2 Å². The van der Waals surface area contributed by atoms with Gasteiger partial charge in [-0.3, -0.25) is 4.79 Å². The minimum absolute atomic E-state index is 0.121. The Balaban J connectivity index is 1.54. The molecule has 2 atom stereocenters. The number of thiophene rings is 1. The summed E-state index contributed by atoms with van der Waals surface area (Å²) in [5, 5.41) is 6.16. The second kappa shape index (κ2) is 8.97. The van der Waals surface area contributed by atoms with Crippen LogP contribution in [-0.4, -0.2) is 50.2 Å². The van der Waals surface area contributed by atoms with Gasteiger partial charge in [-0.15, -0.1) is 16.4 Å². The molecule has 1 fully saturated rings. The molecule has 3 aromatic rings. The molecule has 1 aromatic carbocycles. The molecule has 4 rings (SSSR count). The molecule has 0 bridgehead atoms. The predicted octanol–water partition coefficient (Wildman–Crippen LogP) is 4.08. The number of likely N-dealkylation sites (tertiary alicyclic amines) is 1. The number of carbonyl (C=O) groups excluding carboxylic acids is 2. The largest absolute Gasteiger partial charge is 0.450 e. The van der Waals surface area contributed by atoms with E-state index < -0.39 is 5.97 Å². The van der Waals surface area contributed by atoms with Crippen LogP contribution < -0.4 is 0 Å². The molecule has 0 saturated carbocycles. The van der Waals surface area contributed by atoms with Crippen molar-refractivity contribution in [1.29, 1.82) is 0 Å². The summed E-state index contributed by atoms with van der Waals surface area (Å²) in [5.74, 6) is -1.08. The summed E-state index contributed by atoms with van der Waals surface area (Å²) < 4.78 is 20.1. The SMILES string of the molecule is CC1CCCC(C)N1C(=O)COC(=O)c1nc(-c2cccs2)n(-c2ccc(F)cc2)n1. The second-order valence-corrected chi connectivity index (χ2v) is 8.58. The summed E-state index contributed by atoms with van der Waals surface area (Å²) in [6.45, 7) is 3.66. The van der Waals surface area contributed by atoms with E-state index in [0.717, 1.165) is 24.1 Å². The zero-order valence-electron chi connectivity index (χ0n) is 17.3. The Bertz CT molecular complexity index is 1060. The summed E-state index contributed by atoms with van der Waals surface area (Å²) in [7, 11) is 0. The second-order valence-electron chi connectivity index (χ2n) is 7.63. The Morgan fingerprint density at radius 2 is 1.87 bits per heavy atom. The van der Waals surface area contributed by atoms with Crippen LogP contribution in [-0.2, 0) is 9.53 Å². The molecule has 0 N–H and O–H groups in total. The Morgan fingerprint density at radius 1 is 1.16 bits per heavy atom. The number of ether oxygens (including phenoxy) is 1. The molecule has 162 valence electrons. The molecule has 31 heavy (non-hydrogen) atoms. The zero-order valence-corrected chi connectivity index (χ0v) is 18.1. The number of hydrogen-bond donors (Lipinski definition) is 0. The summed E-state index contributed by atoms with van der Waals surface area (Å²) in [4.78, 5) is 32.2. The quantitative estimate of drug-likeness (QED) is 0.557. The van der Waals surface area contributed by atoms with Crippen LogP contribution in [0.15, 0.2) is 41.8 Å². The van der Waals surface area contributed by atoms with Crippen molar-refractivity contribution in [3.8, 4) is 16.4 Å². The number of carbonyl (C=O) groups is 2. The third kappa shape index (κ3) is 4.51. The predicted molar refractivity (Wildman–Crippen MR) is 115 cm³/mol. The van der Waals surface area contributed by atoms with Crippen LogP contribution in [0.4, 0.5) is 4.39 Å². The third-order valence-electron chi connectivity index (χ3n) is 5.41. The summed E-state index contributed by atoms with van der Waals surface area (Å²) in [6, 6.07) is 9.69. The van der Waals surface area contributed by atoms with E-state index in [1.165, 1.54) is 28.2 Å². The number of esters is 1. The van der Waals surface area contributed by atoms with Gasteiger partial charge in [0, 0.05) is 12.1 Å². The highest BCUT2D eigenvalue weighted by Crippen LogP contribution is 2.26. The van der Waals surface area contributed by atoms with Gasteiger partial charge in [0.05, 0.1) is 10.6 Å². The molecule has 1 aliphatic rings. The molecule has 1 saturated heterocycles. The first kappa shape index (κ1) is 21.2. The van der Waals surface area contributed by atoms with Crippen molar-refractivity contribution in [2.45, 2.75) is 45.2 Å². The highest BCUT2D eigenvalue weighted by atomic mass is 32.1. The Kier molecular flexibility index (Phi) is 6.13. The molecule has 3 heterocycles. The molecular weight excluding hydrogens is 419 g/mol. The van der Waals surface area contributed by atoms with Gasteiger partial charge in [0.15, 0.2) is 12.4 Å². The van der Waals surface area contributed by atoms with Crippen LogP contribution in [0, 0.1) is 5.82 Å². The number of piperidine rings is 1. The van der Waals surface area contributed by atoms with Crippen LogP contribution in [0.3, 0.4) is 0 Å². The smallest absolute Gasteiger partial charge is 0.378 e. The van der Waals surface area contributed by atoms with Crippen molar-refractivity contribution < 1.29 is 18.7 Å². The molecule has 1 amide bonds. The standard InChI is InChI=1S/C22H23FN4O3S/c1-14-5-3-6-15(2)26(14)19(28)13-30-22(29)20-24-21(18-7-4-12-31-18)27(25-20)17-10-8-16(23)9-11-17/h4,7-12,14-15H,3,5-6,13H2,1-2H3. The van der Waals surface area contributed by atoms with Crippen LogP contribution in [0.25, 0.3) is 16.4 Å². The normalized spacial score (nSPS) is 18.7. The van der Waals surface area contributed by atoms with Crippen molar-refractivity contribution in [3.63, 3.8) is 0 Å². The minimum Gasteiger partial charge on any atom is -0.450 e. The maximum atomic E-state index is 13.3. The molecular formula is C22H23FN4O3S. The van der Waals surface area contributed by atoms with Gasteiger partial charge in [0.25, 0.3) is 11.7 Å². The summed E-state index contributed by atoms with van der Waals surface area (Å²) in [6.07, 6.45) is 2.97. The van der Waals surface area contributed by atoms with Gasteiger partial charge in [-0.25, -0.2) is 13.9 Å². The van der Waals surface area contributed by atoms with Crippen molar-refractivity contribution in [2.24, 2.45) is 0 Å². The van der Waals surface area contributed by atoms with E-state index >= 15 is 0 Å². The van der Waals surface area contributed by atoms with E-state index in [9.17, 15) is 14.0 Å². The molecule has 9 heteroatoms. The van der Waals surface area contributed by atoms with Crippen LogP contribution in [0.5, 0.6) is 0 Å². The van der Waals surface area contributed by atoms with Crippen molar-refractivity contribution in [1.82, 2.24) is 19.7 Å². The number of rotatable bonds is 5. The minimum atomic E-state index is -0.774. The van der Waals surface area contributed by atoms with E-state index in [1.54, 1.807) is 17.0 Å². The number of benzene rings is 1. The Morgan fingerprint density at radius 3 is 2.52 bits per heavy atom. The van der Waals surface area contributed by atoms with Gasteiger partial charge in [-0.05, 0) is 68.8 Å². The van der Waals surface area contributed by atoms with Gasteiger partial charge in [0.1, 0.15) is 5.82 Å². The van der Waals surface area contributed by atoms with Gasteiger partial charge < -0.3 is 9.64 Å². The first-order valence-corrected chi connectivity index (χ1v) is 11.1. The van der Waals surface area contributed by atoms with Gasteiger partial charge in [-0.1, -0.05) is 6.07 Å². The molecule has 2 unspecified atom stereocenters. The fourth-order valence-electron chi connectivity index (χ4n) is 3.91. The molecule has 0 spiro atoms. The number of amides is 1. The molecule has 0 radical (unpaired) electrons. The maximum Gasteiger partial charge on any atom is 0.378 e. The van der Waals surface area contributed by atoms with E-state index in [2.05, 4.69) is 10.1 Å². The highest BCUT2D eigenvalue weighted by Gasteiger charge is 2.30. The highest BCUT2D eigenvalue weighted by molar-refractivity contribution is 7.13. The first-order valence-electron chi connectivity index (χ1n) is 10.2. The number of nitrogens with zero attached hydrogens (tertiary/aromatic N) is 4. The molecule has 7 nitrogen and oxygen atoms in total. The Hall–Kier alpha value is -3.07. The van der Waals surface area contributed by atoms with Crippen molar-refractivity contribution in [2.75, 3.05) is 6.61 Å². The number of aromatic nitrogens is 3. The molecule has 2 aromatic heterocycles. The lowest BCUT2D eigenvalue weighted by molar-refractivity contribution is -0.140. The fraction of sp³-hybridized carbons (Fsp3) is 0.364. The summed E-state index contributed by atoms with van der Waals surface area (Å²) >= 11 is 1.44. The Labute approximate surface area is 183 Å². The average molecular weight is 443 g/mol. The van der Waals surface area contributed by atoms with Crippen LogP contribution in [0.2, 0.25) is 0 Å². The van der Waals surface area contributed by atoms with Crippen molar-refractivity contribution in [3.05, 3.63) is 53.4 Å². The molecule has 0 aliphatic carbocycles. The lowest BCUT2D eigenvalue weighted by atomic mass is 9.97. The number of hydrogen-bond acceptors (Lipinski definition) is 6. The van der Waals surface area contributed by atoms with E-state index in [-0.39, 0.29) is 36.2 Å². The third-order valence-corrected chi connectivity index (χ3v) is 6.28. The van der Waals surface area contributed by atoms with Crippen LogP contribution in [0.1, 0.15) is 43.7 Å². The van der Waals surface area contributed by atoms with E-state index in [1.807, 2.05) is 31.4 Å². The van der Waals surface area contributed by atoms with Crippen LogP contribution >= 0.6 is 11.3 Å². The van der Waals surface area contributed by atoms with Gasteiger partial charge in [0.2, 0.25) is 0 Å². The maximum absolute atomic E-state index is 13.3. The van der Waals surface area contributed by atoms with Gasteiger partial charge in [-0.2, -0.15) is 4.98 Å². The van der Waals surface area contributed by atoms with Gasteiger partial charge >= 0.3 is 5.97 Å². The topological polar surface area (TPSA) is 77.3 Å².